The summed E-state index contributed by atoms with van der Waals surface area (Å²) in [7, 11) is 0. The maximum Gasteiger partial charge on any atom is 0.249 e. The second-order valence-corrected chi connectivity index (χ2v) is 6.00. The Balaban J connectivity index is 1.62. The number of anilines is 3. The molecule has 5 nitrogen and oxygen atoms in total. The highest BCUT2D eigenvalue weighted by Gasteiger charge is 2.08. The van der Waals surface area contributed by atoms with Gasteiger partial charge in [0.1, 0.15) is 5.82 Å². The molecule has 0 aliphatic carbocycles. The molecule has 2 aromatic carbocycles. The Hall–Kier alpha value is -2.44. The van der Waals surface area contributed by atoms with Crippen LogP contribution in [-0.2, 0) is 6.42 Å². The third-order valence-corrected chi connectivity index (χ3v) is 4.02. The van der Waals surface area contributed by atoms with Crippen molar-refractivity contribution in [2.45, 2.75) is 6.42 Å². The molecule has 1 heterocycles. The predicted octanol–water partition coefficient (Wildman–Crippen LogP) is 4.72. The minimum Gasteiger partial charge on any atom is -0.368 e. The first kappa shape index (κ1) is 17.4. The molecule has 0 radical (unpaired) electrons. The molecule has 0 saturated carbocycles. The summed E-state index contributed by atoms with van der Waals surface area (Å²) in [6.45, 7) is 0.622. The predicted molar refractivity (Wildman–Crippen MR) is 98.2 cm³/mol. The highest BCUT2D eigenvalue weighted by atomic mass is 35.5. The van der Waals surface area contributed by atoms with E-state index >= 15 is 0 Å². The Morgan fingerprint density at radius 2 is 1.72 bits per heavy atom. The van der Waals surface area contributed by atoms with Gasteiger partial charge in [-0.2, -0.15) is 10.1 Å². The first-order chi connectivity index (χ1) is 12.1. The smallest absolute Gasteiger partial charge is 0.249 e. The number of para-hydroxylation sites is 1. The van der Waals surface area contributed by atoms with Gasteiger partial charge >= 0.3 is 0 Å². The molecule has 0 spiro atoms. The van der Waals surface area contributed by atoms with Crippen molar-refractivity contribution in [3.63, 3.8) is 0 Å². The third-order valence-electron chi connectivity index (χ3n) is 3.39. The monoisotopic (exact) mass is 377 g/mol. The minimum absolute atomic E-state index is 0.245. The molecule has 128 valence electrons. The van der Waals surface area contributed by atoms with Crippen LogP contribution in [0.15, 0.2) is 48.7 Å². The number of hydrogen-bond donors (Lipinski definition) is 2. The molecule has 0 atom stereocenters. The zero-order valence-corrected chi connectivity index (χ0v) is 14.5. The number of nitrogens with one attached hydrogen (secondary N) is 2. The zero-order valence-electron chi connectivity index (χ0n) is 13.0. The van der Waals surface area contributed by atoms with E-state index in [4.69, 9.17) is 23.2 Å². The molecule has 3 rings (SSSR count). The number of benzene rings is 2. The van der Waals surface area contributed by atoms with Crippen LogP contribution in [0.2, 0.25) is 10.0 Å². The van der Waals surface area contributed by atoms with Gasteiger partial charge in [-0.3, -0.25) is 0 Å². The average Bonchev–Trinajstić information content (AvgIpc) is 2.60. The largest absolute Gasteiger partial charge is 0.368 e. The van der Waals surface area contributed by atoms with Gasteiger partial charge in [0.15, 0.2) is 5.82 Å². The van der Waals surface area contributed by atoms with E-state index in [-0.39, 0.29) is 11.8 Å². The normalized spacial score (nSPS) is 10.5. The Morgan fingerprint density at radius 1 is 1.00 bits per heavy atom. The standard InChI is InChI=1S/C17H14Cl2FN5/c18-13-2-1-3-14(19)16(13)24-17-23-15(10-22-25-17)21-9-8-11-4-6-12(20)7-5-11/h1-7,10H,8-9H2,(H2,21,23,24,25). The van der Waals surface area contributed by atoms with Crippen molar-refractivity contribution >= 4 is 40.7 Å². The Kier molecular flexibility index (Phi) is 5.63. The highest BCUT2D eigenvalue weighted by molar-refractivity contribution is 6.39. The SMILES string of the molecule is Fc1ccc(CCNc2cnnc(Nc3c(Cl)cccc3Cl)n2)cc1. The molecule has 2 N–H and O–H groups in total. The average molecular weight is 378 g/mol. The van der Waals surface area contributed by atoms with Crippen LogP contribution in [0.1, 0.15) is 5.56 Å². The summed E-state index contributed by atoms with van der Waals surface area (Å²) in [6, 6.07) is 11.6. The quantitative estimate of drug-likeness (QED) is 0.650. The molecule has 0 fully saturated rings. The molecule has 3 aromatic rings. The van der Waals surface area contributed by atoms with Gasteiger partial charge in [-0.15, -0.1) is 5.10 Å². The Labute approximate surface area is 154 Å². The molecular weight excluding hydrogens is 364 g/mol. The van der Waals surface area contributed by atoms with Crippen LogP contribution in [0, 0.1) is 5.82 Å². The molecule has 25 heavy (non-hydrogen) atoms. The first-order valence-electron chi connectivity index (χ1n) is 7.51. The molecule has 0 saturated heterocycles. The summed E-state index contributed by atoms with van der Waals surface area (Å²) in [4.78, 5) is 4.32. The number of hydrogen-bond acceptors (Lipinski definition) is 5. The van der Waals surface area contributed by atoms with Gasteiger partial charge in [-0.1, -0.05) is 41.4 Å². The van der Waals surface area contributed by atoms with Crippen molar-refractivity contribution in [3.05, 3.63) is 70.1 Å². The molecule has 0 aliphatic rings. The maximum absolute atomic E-state index is 12.9. The van der Waals surface area contributed by atoms with Crippen LogP contribution in [-0.4, -0.2) is 21.7 Å². The van der Waals surface area contributed by atoms with E-state index in [2.05, 4.69) is 25.8 Å². The van der Waals surface area contributed by atoms with Crippen molar-refractivity contribution in [2.24, 2.45) is 0 Å². The summed E-state index contributed by atoms with van der Waals surface area (Å²) >= 11 is 12.2. The number of halogens is 3. The molecule has 8 heteroatoms. The summed E-state index contributed by atoms with van der Waals surface area (Å²) in [6.07, 6.45) is 2.24. The minimum atomic E-state index is -0.245. The fourth-order valence-corrected chi connectivity index (χ4v) is 2.65. The molecule has 0 aliphatic heterocycles. The lowest BCUT2D eigenvalue weighted by molar-refractivity contribution is 0.627. The van der Waals surface area contributed by atoms with Crippen molar-refractivity contribution in [3.8, 4) is 0 Å². The van der Waals surface area contributed by atoms with Gasteiger partial charge < -0.3 is 10.6 Å². The molecule has 1 aromatic heterocycles. The van der Waals surface area contributed by atoms with Gasteiger partial charge in [0.05, 0.1) is 21.9 Å². The fourth-order valence-electron chi connectivity index (χ4n) is 2.16. The van der Waals surface area contributed by atoms with Gasteiger partial charge in [-0.05, 0) is 36.2 Å². The van der Waals surface area contributed by atoms with E-state index in [0.717, 1.165) is 12.0 Å². The topological polar surface area (TPSA) is 62.7 Å². The molecule has 0 amide bonds. The van der Waals surface area contributed by atoms with Gasteiger partial charge in [-0.25, -0.2) is 4.39 Å². The molecular formula is C17H14Cl2FN5. The lowest BCUT2D eigenvalue weighted by Crippen LogP contribution is -2.09. The lowest BCUT2D eigenvalue weighted by Gasteiger charge is -2.10. The second-order valence-electron chi connectivity index (χ2n) is 5.19. The van der Waals surface area contributed by atoms with Crippen LogP contribution in [0.4, 0.5) is 21.8 Å². The summed E-state index contributed by atoms with van der Waals surface area (Å²) < 4.78 is 12.9. The van der Waals surface area contributed by atoms with Gasteiger partial charge in [0, 0.05) is 6.54 Å². The van der Waals surface area contributed by atoms with Crippen molar-refractivity contribution in [1.29, 1.82) is 0 Å². The zero-order chi connectivity index (χ0) is 17.6. The van der Waals surface area contributed by atoms with E-state index in [1.54, 1.807) is 30.3 Å². The van der Waals surface area contributed by atoms with Crippen LogP contribution >= 0.6 is 23.2 Å². The van der Waals surface area contributed by atoms with Crippen LogP contribution in [0.5, 0.6) is 0 Å². The van der Waals surface area contributed by atoms with E-state index in [0.29, 0.717) is 28.1 Å². The van der Waals surface area contributed by atoms with E-state index in [1.807, 2.05) is 0 Å². The number of rotatable bonds is 6. The first-order valence-corrected chi connectivity index (χ1v) is 8.26. The van der Waals surface area contributed by atoms with E-state index in [1.165, 1.54) is 18.3 Å². The van der Waals surface area contributed by atoms with Crippen LogP contribution in [0.3, 0.4) is 0 Å². The second kappa shape index (κ2) is 8.09. The van der Waals surface area contributed by atoms with Crippen molar-refractivity contribution in [1.82, 2.24) is 15.2 Å². The number of nitrogens with zero attached hydrogens (tertiary/aromatic N) is 3. The van der Waals surface area contributed by atoms with Gasteiger partial charge in [0.2, 0.25) is 5.95 Å². The summed E-state index contributed by atoms with van der Waals surface area (Å²) in [5.74, 6) is 0.593. The summed E-state index contributed by atoms with van der Waals surface area (Å²) in [5.41, 5.74) is 1.55. The highest BCUT2D eigenvalue weighted by Crippen LogP contribution is 2.31. The van der Waals surface area contributed by atoms with Gasteiger partial charge in [0.25, 0.3) is 0 Å². The van der Waals surface area contributed by atoms with E-state index in [9.17, 15) is 4.39 Å². The van der Waals surface area contributed by atoms with E-state index < -0.39 is 0 Å². The Morgan fingerprint density at radius 3 is 2.44 bits per heavy atom. The maximum atomic E-state index is 12.9. The molecule has 0 unspecified atom stereocenters. The van der Waals surface area contributed by atoms with Crippen LogP contribution < -0.4 is 10.6 Å². The molecule has 0 bridgehead atoms. The van der Waals surface area contributed by atoms with Crippen LogP contribution in [0.25, 0.3) is 0 Å². The van der Waals surface area contributed by atoms with Crippen molar-refractivity contribution < 1.29 is 4.39 Å². The van der Waals surface area contributed by atoms with Crippen molar-refractivity contribution in [2.75, 3.05) is 17.2 Å². The lowest BCUT2D eigenvalue weighted by atomic mass is 10.1. The summed E-state index contributed by atoms with van der Waals surface area (Å²) in [5, 5.41) is 14.9. The fraction of sp³-hybridized carbons (Fsp3) is 0.118. The number of aromatic nitrogens is 3. The Bertz CT molecular complexity index is 838. The third kappa shape index (κ3) is 4.78.